The number of aliphatic carboxylic acids is 1. The van der Waals surface area contributed by atoms with Crippen LogP contribution >= 0.6 is 11.8 Å². The van der Waals surface area contributed by atoms with E-state index in [4.69, 9.17) is 0 Å². The third-order valence-corrected chi connectivity index (χ3v) is 4.44. The van der Waals surface area contributed by atoms with Gasteiger partial charge >= 0.3 is 5.97 Å². The lowest BCUT2D eigenvalue weighted by atomic mass is 9.98. The maximum absolute atomic E-state index is 12.2. The second-order valence-corrected chi connectivity index (χ2v) is 6.01. The molecule has 0 spiro atoms. The van der Waals surface area contributed by atoms with E-state index < -0.39 is 17.4 Å². The standard InChI is InChI=1S/C14H16N2O4S/c1-9(17)15-11-4-2-10(3-5-11)12(18)16-14(13(19)20)6-7-21-8-14/h2-5H,6-8H2,1H3,(H,15,17)(H,16,18)(H,19,20). The average Bonchev–Trinajstić information content (AvgIpc) is 2.88. The summed E-state index contributed by atoms with van der Waals surface area (Å²) in [5.41, 5.74) is -0.233. The Labute approximate surface area is 126 Å². The summed E-state index contributed by atoms with van der Waals surface area (Å²) in [5.74, 6) is -0.531. The molecule has 3 N–H and O–H groups in total. The van der Waals surface area contributed by atoms with Gasteiger partial charge in [-0.3, -0.25) is 9.59 Å². The molecule has 0 aromatic heterocycles. The molecule has 2 rings (SSSR count). The minimum atomic E-state index is -1.18. The summed E-state index contributed by atoms with van der Waals surface area (Å²) >= 11 is 1.51. The number of thioether (sulfide) groups is 1. The van der Waals surface area contributed by atoms with E-state index in [1.54, 1.807) is 24.3 Å². The van der Waals surface area contributed by atoms with Gasteiger partial charge in [-0.25, -0.2) is 4.79 Å². The highest BCUT2D eigenvalue weighted by Gasteiger charge is 2.43. The summed E-state index contributed by atoms with van der Waals surface area (Å²) in [6, 6.07) is 6.32. The number of carbonyl (C=O) groups is 3. The number of carbonyl (C=O) groups excluding carboxylic acids is 2. The Bertz CT molecular complexity index is 565. The minimum Gasteiger partial charge on any atom is -0.479 e. The van der Waals surface area contributed by atoms with E-state index in [-0.39, 0.29) is 5.91 Å². The number of hydrogen-bond donors (Lipinski definition) is 3. The molecule has 6 nitrogen and oxygen atoms in total. The molecule has 21 heavy (non-hydrogen) atoms. The van der Waals surface area contributed by atoms with Crippen molar-refractivity contribution in [3.8, 4) is 0 Å². The molecule has 1 heterocycles. The molecule has 112 valence electrons. The molecule has 0 bridgehead atoms. The summed E-state index contributed by atoms with van der Waals surface area (Å²) in [7, 11) is 0. The molecule has 1 saturated heterocycles. The van der Waals surface area contributed by atoms with Crippen LogP contribution < -0.4 is 10.6 Å². The third-order valence-electron chi connectivity index (χ3n) is 3.25. The van der Waals surface area contributed by atoms with Gasteiger partial charge in [-0.2, -0.15) is 11.8 Å². The number of nitrogens with one attached hydrogen (secondary N) is 2. The van der Waals surface area contributed by atoms with Crippen molar-refractivity contribution in [1.29, 1.82) is 0 Å². The van der Waals surface area contributed by atoms with Crippen molar-refractivity contribution >= 4 is 35.2 Å². The molecule has 0 saturated carbocycles. The van der Waals surface area contributed by atoms with Gasteiger partial charge in [0.25, 0.3) is 5.91 Å². The number of rotatable bonds is 4. The summed E-state index contributed by atoms with van der Waals surface area (Å²) in [6.45, 7) is 1.40. The van der Waals surface area contributed by atoms with Gasteiger partial charge in [0, 0.05) is 23.9 Å². The monoisotopic (exact) mass is 308 g/mol. The molecule has 1 atom stereocenters. The second kappa shape index (κ2) is 6.17. The Morgan fingerprint density at radius 2 is 1.90 bits per heavy atom. The highest BCUT2D eigenvalue weighted by Crippen LogP contribution is 2.28. The van der Waals surface area contributed by atoms with Crippen LogP contribution in [0.3, 0.4) is 0 Å². The molecule has 2 amide bonds. The fraction of sp³-hybridized carbons (Fsp3) is 0.357. The van der Waals surface area contributed by atoms with Crippen LogP contribution in [0.1, 0.15) is 23.7 Å². The predicted molar refractivity (Wildman–Crippen MR) is 80.5 cm³/mol. The summed E-state index contributed by atoms with van der Waals surface area (Å²) < 4.78 is 0. The van der Waals surface area contributed by atoms with Crippen LogP contribution in [0.15, 0.2) is 24.3 Å². The van der Waals surface area contributed by atoms with Crippen molar-refractivity contribution in [2.75, 3.05) is 16.8 Å². The lowest BCUT2D eigenvalue weighted by molar-refractivity contribution is -0.143. The Balaban J connectivity index is 2.09. The van der Waals surface area contributed by atoms with Crippen molar-refractivity contribution in [3.05, 3.63) is 29.8 Å². The Hall–Kier alpha value is -2.02. The molecule has 1 unspecified atom stereocenters. The van der Waals surface area contributed by atoms with Gasteiger partial charge in [-0.05, 0) is 36.4 Å². The van der Waals surface area contributed by atoms with Crippen molar-refractivity contribution < 1.29 is 19.5 Å². The van der Waals surface area contributed by atoms with Crippen LogP contribution in [-0.2, 0) is 9.59 Å². The first kappa shape index (κ1) is 15.4. The molecule has 1 aliphatic heterocycles. The summed E-state index contributed by atoms with van der Waals surface area (Å²) in [5, 5.41) is 14.6. The number of benzene rings is 1. The maximum atomic E-state index is 12.2. The highest BCUT2D eigenvalue weighted by molar-refractivity contribution is 7.99. The van der Waals surface area contributed by atoms with E-state index >= 15 is 0 Å². The van der Waals surface area contributed by atoms with Gasteiger partial charge < -0.3 is 15.7 Å². The van der Waals surface area contributed by atoms with Crippen molar-refractivity contribution in [2.45, 2.75) is 18.9 Å². The molecule has 1 aliphatic rings. The van der Waals surface area contributed by atoms with Crippen LogP contribution in [0, 0.1) is 0 Å². The SMILES string of the molecule is CC(=O)Nc1ccc(C(=O)NC2(C(=O)O)CCSC2)cc1. The van der Waals surface area contributed by atoms with Gasteiger partial charge in [0.05, 0.1) is 0 Å². The van der Waals surface area contributed by atoms with Gasteiger partial charge in [-0.15, -0.1) is 0 Å². The van der Waals surface area contributed by atoms with Gasteiger partial charge in [0.1, 0.15) is 5.54 Å². The van der Waals surface area contributed by atoms with Crippen LogP contribution in [0.25, 0.3) is 0 Å². The van der Waals surface area contributed by atoms with Crippen molar-refractivity contribution in [1.82, 2.24) is 5.32 Å². The molecule has 0 radical (unpaired) electrons. The normalized spacial score (nSPS) is 20.8. The Morgan fingerprint density at radius 1 is 1.24 bits per heavy atom. The van der Waals surface area contributed by atoms with Gasteiger partial charge in [0.15, 0.2) is 0 Å². The van der Waals surface area contributed by atoms with E-state index in [9.17, 15) is 19.5 Å². The first-order chi connectivity index (χ1) is 9.93. The zero-order chi connectivity index (χ0) is 15.5. The fourth-order valence-electron chi connectivity index (χ4n) is 2.08. The first-order valence-electron chi connectivity index (χ1n) is 6.44. The first-order valence-corrected chi connectivity index (χ1v) is 7.60. The highest BCUT2D eigenvalue weighted by atomic mass is 32.2. The Morgan fingerprint density at radius 3 is 2.38 bits per heavy atom. The van der Waals surface area contributed by atoms with E-state index in [1.165, 1.54) is 18.7 Å². The second-order valence-electron chi connectivity index (χ2n) is 4.90. The molecule has 1 aromatic carbocycles. The lowest BCUT2D eigenvalue weighted by Gasteiger charge is -2.24. The van der Waals surface area contributed by atoms with E-state index in [0.717, 1.165) is 0 Å². The summed E-state index contributed by atoms with van der Waals surface area (Å²) in [6.07, 6.45) is 0.419. The van der Waals surface area contributed by atoms with Crippen LogP contribution in [0.2, 0.25) is 0 Å². The predicted octanol–water partition coefficient (Wildman–Crippen LogP) is 1.34. The zero-order valence-corrected chi connectivity index (χ0v) is 12.3. The maximum Gasteiger partial charge on any atom is 0.330 e. The van der Waals surface area contributed by atoms with Gasteiger partial charge in [-0.1, -0.05) is 0 Å². The number of amides is 2. The molecule has 1 fully saturated rings. The molecule has 1 aromatic rings. The van der Waals surface area contributed by atoms with E-state index in [2.05, 4.69) is 10.6 Å². The third kappa shape index (κ3) is 3.55. The number of carboxylic acid groups (broad SMARTS) is 1. The Kier molecular flexibility index (Phi) is 4.52. The van der Waals surface area contributed by atoms with Gasteiger partial charge in [0.2, 0.25) is 5.91 Å². The van der Waals surface area contributed by atoms with Crippen LogP contribution in [-0.4, -0.2) is 39.9 Å². The topological polar surface area (TPSA) is 95.5 Å². The number of anilines is 1. The average molecular weight is 308 g/mol. The largest absolute Gasteiger partial charge is 0.479 e. The fourth-order valence-corrected chi connectivity index (χ4v) is 3.41. The molecular formula is C14H16N2O4S. The molecule has 0 aliphatic carbocycles. The zero-order valence-electron chi connectivity index (χ0n) is 11.5. The molecule has 7 heteroatoms. The lowest BCUT2D eigenvalue weighted by Crippen LogP contribution is -2.54. The van der Waals surface area contributed by atoms with E-state index in [1.807, 2.05) is 0 Å². The smallest absolute Gasteiger partial charge is 0.330 e. The minimum absolute atomic E-state index is 0.194. The quantitative estimate of drug-likeness (QED) is 0.780. The molecular weight excluding hydrogens is 292 g/mol. The van der Waals surface area contributed by atoms with Crippen molar-refractivity contribution in [2.24, 2.45) is 0 Å². The number of carboxylic acids is 1. The van der Waals surface area contributed by atoms with Crippen LogP contribution in [0.5, 0.6) is 0 Å². The number of hydrogen-bond acceptors (Lipinski definition) is 4. The van der Waals surface area contributed by atoms with Crippen molar-refractivity contribution in [3.63, 3.8) is 0 Å². The van der Waals surface area contributed by atoms with Crippen LogP contribution in [0.4, 0.5) is 5.69 Å². The summed E-state index contributed by atoms with van der Waals surface area (Å²) in [4.78, 5) is 34.5. The van der Waals surface area contributed by atoms with E-state index in [0.29, 0.717) is 29.2 Å².